The maximum absolute atomic E-state index is 12.7. The van der Waals surface area contributed by atoms with Crippen LogP contribution >= 0.6 is 0 Å². The fraction of sp³-hybridized carbons (Fsp3) is 0.733. The molecule has 2 aliphatic rings. The highest BCUT2D eigenvalue weighted by Crippen LogP contribution is 2.26. The second-order valence-corrected chi connectivity index (χ2v) is 8.58. The molecule has 122 valence electrons. The van der Waals surface area contributed by atoms with E-state index >= 15 is 0 Å². The van der Waals surface area contributed by atoms with Gasteiger partial charge in [-0.3, -0.25) is 9.48 Å². The molecule has 2 saturated heterocycles. The summed E-state index contributed by atoms with van der Waals surface area (Å²) in [4.78, 5) is 14.6. The Morgan fingerprint density at radius 3 is 2.50 bits per heavy atom. The van der Waals surface area contributed by atoms with Crippen LogP contribution < -0.4 is 0 Å². The van der Waals surface area contributed by atoms with Crippen molar-refractivity contribution in [2.75, 3.05) is 24.6 Å². The summed E-state index contributed by atoms with van der Waals surface area (Å²) in [7, 11) is -2.95. The van der Waals surface area contributed by atoms with Gasteiger partial charge in [0.2, 0.25) is 0 Å². The van der Waals surface area contributed by atoms with E-state index in [0.29, 0.717) is 12.0 Å². The first-order chi connectivity index (χ1) is 10.5. The second kappa shape index (κ2) is 6.02. The van der Waals surface area contributed by atoms with Gasteiger partial charge in [-0.2, -0.15) is 5.10 Å². The average molecular weight is 325 g/mol. The van der Waals surface area contributed by atoms with Gasteiger partial charge in [0.1, 0.15) is 0 Å². The van der Waals surface area contributed by atoms with Crippen molar-refractivity contribution in [2.45, 2.75) is 45.1 Å². The Labute approximate surface area is 131 Å². The maximum Gasteiger partial charge on any atom is 0.257 e. The van der Waals surface area contributed by atoms with E-state index in [1.165, 1.54) is 12.8 Å². The van der Waals surface area contributed by atoms with Crippen molar-refractivity contribution in [1.29, 1.82) is 0 Å². The molecule has 1 unspecified atom stereocenters. The van der Waals surface area contributed by atoms with Crippen LogP contribution in [0.1, 0.15) is 54.2 Å². The van der Waals surface area contributed by atoms with Crippen molar-refractivity contribution < 1.29 is 13.2 Å². The molecule has 0 saturated carbocycles. The van der Waals surface area contributed by atoms with Gasteiger partial charge in [-0.05, 0) is 26.2 Å². The van der Waals surface area contributed by atoms with Crippen LogP contribution in [0.5, 0.6) is 0 Å². The number of carbonyl (C=O) groups is 1. The SMILES string of the molecule is Cc1c(C(=O)N2CCCCCC2)cnn1C1CCS(=O)(=O)C1. The molecule has 6 nitrogen and oxygen atoms in total. The molecular weight excluding hydrogens is 302 g/mol. The molecule has 2 fully saturated rings. The molecule has 1 aromatic rings. The van der Waals surface area contributed by atoms with Crippen LogP contribution in [0.15, 0.2) is 6.20 Å². The molecule has 1 atom stereocenters. The minimum absolute atomic E-state index is 0.0338. The van der Waals surface area contributed by atoms with Gasteiger partial charge in [-0.15, -0.1) is 0 Å². The lowest BCUT2D eigenvalue weighted by Crippen LogP contribution is -2.32. The van der Waals surface area contributed by atoms with Crippen molar-refractivity contribution in [3.63, 3.8) is 0 Å². The number of hydrogen-bond acceptors (Lipinski definition) is 4. The number of aromatic nitrogens is 2. The fourth-order valence-corrected chi connectivity index (χ4v) is 5.11. The van der Waals surface area contributed by atoms with Crippen LogP contribution in [0.4, 0.5) is 0 Å². The predicted molar refractivity (Wildman–Crippen MR) is 83.6 cm³/mol. The zero-order valence-electron chi connectivity index (χ0n) is 13.0. The zero-order chi connectivity index (χ0) is 15.7. The van der Waals surface area contributed by atoms with Gasteiger partial charge in [-0.25, -0.2) is 8.42 Å². The molecule has 0 aliphatic carbocycles. The van der Waals surface area contributed by atoms with Crippen LogP contribution in [0.3, 0.4) is 0 Å². The van der Waals surface area contributed by atoms with Crippen LogP contribution in [-0.2, 0) is 9.84 Å². The number of likely N-dealkylation sites (tertiary alicyclic amines) is 1. The van der Waals surface area contributed by atoms with Crippen molar-refractivity contribution in [1.82, 2.24) is 14.7 Å². The van der Waals surface area contributed by atoms with Gasteiger partial charge in [0, 0.05) is 18.8 Å². The Kier molecular flexibility index (Phi) is 4.25. The first-order valence-corrected chi connectivity index (χ1v) is 9.84. The smallest absolute Gasteiger partial charge is 0.257 e. The zero-order valence-corrected chi connectivity index (χ0v) is 13.8. The summed E-state index contributed by atoms with van der Waals surface area (Å²) in [6.07, 6.45) is 6.67. The molecule has 3 rings (SSSR count). The van der Waals surface area contributed by atoms with Crippen molar-refractivity contribution >= 4 is 15.7 Å². The Hall–Kier alpha value is -1.37. The highest BCUT2D eigenvalue weighted by Gasteiger charge is 2.32. The van der Waals surface area contributed by atoms with E-state index in [1.807, 2.05) is 11.8 Å². The van der Waals surface area contributed by atoms with E-state index in [1.54, 1.807) is 10.9 Å². The Bertz CT molecular complexity index is 658. The van der Waals surface area contributed by atoms with Crippen molar-refractivity contribution in [3.8, 4) is 0 Å². The van der Waals surface area contributed by atoms with Gasteiger partial charge in [0.25, 0.3) is 5.91 Å². The lowest BCUT2D eigenvalue weighted by Gasteiger charge is -2.20. The molecule has 0 bridgehead atoms. The normalized spacial score (nSPS) is 25.1. The summed E-state index contributed by atoms with van der Waals surface area (Å²) in [5.74, 6) is 0.380. The minimum Gasteiger partial charge on any atom is -0.339 e. The van der Waals surface area contributed by atoms with E-state index in [2.05, 4.69) is 5.10 Å². The van der Waals surface area contributed by atoms with Crippen LogP contribution in [0.2, 0.25) is 0 Å². The monoisotopic (exact) mass is 325 g/mol. The minimum atomic E-state index is -2.95. The van der Waals surface area contributed by atoms with Gasteiger partial charge in [-0.1, -0.05) is 12.8 Å². The van der Waals surface area contributed by atoms with E-state index in [9.17, 15) is 13.2 Å². The van der Waals surface area contributed by atoms with E-state index in [0.717, 1.165) is 31.6 Å². The first kappa shape index (κ1) is 15.5. The van der Waals surface area contributed by atoms with Crippen molar-refractivity contribution in [2.24, 2.45) is 0 Å². The number of sulfone groups is 1. The summed E-state index contributed by atoms with van der Waals surface area (Å²) >= 11 is 0. The Morgan fingerprint density at radius 1 is 1.23 bits per heavy atom. The first-order valence-electron chi connectivity index (χ1n) is 8.02. The molecule has 3 heterocycles. The van der Waals surface area contributed by atoms with Crippen molar-refractivity contribution in [3.05, 3.63) is 17.5 Å². The Balaban J connectivity index is 1.79. The fourth-order valence-electron chi connectivity index (χ4n) is 3.41. The molecule has 7 heteroatoms. The number of carbonyl (C=O) groups excluding carboxylic acids is 1. The number of hydrogen-bond donors (Lipinski definition) is 0. The van der Waals surface area contributed by atoms with Gasteiger partial charge >= 0.3 is 0 Å². The summed E-state index contributed by atoms with van der Waals surface area (Å²) in [6.45, 7) is 3.48. The predicted octanol–water partition coefficient (Wildman–Crippen LogP) is 1.57. The van der Waals surface area contributed by atoms with Crippen LogP contribution in [-0.4, -0.2) is 53.6 Å². The van der Waals surface area contributed by atoms with Crippen LogP contribution in [0, 0.1) is 6.92 Å². The molecule has 22 heavy (non-hydrogen) atoms. The quantitative estimate of drug-likeness (QED) is 0.827. The molecule has 1 aromatic heterocycles. The third-order valence-corrected chi connectivity index (χ3v) is 6.47. The Morgan fingerprint density at radius 2 is 1.91 bits per heavy atom. The van der Waals surface area contributed by atoms with E-state index < -0.39 is 9.84 Å². The highest BCUT2D eigenvalue weighted by atomic mass is 32.2. The number of amides is 1. The summed E-state index contributed by atoms with van der Waals surface area (Å²) < 4.78 is 25.0. The standard InChI is InChI=1S/C15H23N3O3S/c1-12-14(15(19)17-7-4-2-3-5-8-17)10-16-18(12)13-6-9-22(20,21)11-13/h10,13H,2-9,11H2,1H3. The number of nitrogens with zero attached hydrogens (tertiary/aromatic N) is 3. The third-order valence-electron chi connectivity index (χ3n) is 4.72. The molecule has 2 aliphatic heterocycles. The molecular formula is C15H23N3O3S. The van der Waals surface area contributed by atoms with E-state index in [4.69, 9.17) is 0 Å². The van der Waals surface area contributed by atoms with Gasteiger partial charge < -0.3 is 4.90 Å². The van der Waals surface area contributed by atoms with Gasteiger partial charge in [0.05, 0.1) is 29.3 Å². The lowest BCUT2D eigenvalue weighted by atomic mass is 10.2. The third kappa shape index (κ3) is 3.04. The largest absolute Gasteiger partial charge is 0.339 e. The lowest BCUT2D eigenvalue weighted by molar-refractivity contribution is 0.0760. The molecule has 0 aromatic carbocycles. The van der Waals surface area contributed by atoms with E-state index in [-0.39, 0.29) is 23.5 Å². The molecule has 0 spiro atoms. The second-order valence-electron chi connectivity index (χ2n) is 6.35. The van der Waals surface area contributed by atoms with Gasteiger partial charge in [0.15, 0.2) is 9.84 Å². The average Bonchev–Trinajstić information content (AvgIpc) is 2.89. The summed E-state index contributed by atoms with van der Waals surface area (Å²) in [5, 5.41) is 4.31. The molecule has 1 amide bonds. The van der Waals surface area contributed by atoms with Crippen LogP contribution in [0.25, 0.3) is 0 Å². The molecule has 0 N–H and O–H groups in total. The summed E-state index contributed by atoms with van der Waals surface area (Å²) in [6, 6.07) is -0.129. The maximum atomic E-state index is 12.7. The molecule has 0 radical (unpaired) electrons. The topological polar surface area (TPSA) is 72.3 Å². The number of rotatable bonds is 2. The summed E-state index contributed by atoms with van der Waals surface area (Å²) in [5.41, 5.74) is 1.41. The highest BCUT2D eigenvalue weighted by molar-refractivity contribution is 7.91.